The highest BCUT2D eigenvalue weighted by Crippen LogP contribution is 2.45. The van der Waals surface area contributed by atoms with Gasteiger partial charge in [0.15, 0.2) is 0 Å². The van der Waals surface area contributed by atoms with E-state index in [1.807, 2.05) is 0 Å². The van der Waals surface area contributed by atoms with E-state index in [9.17, 15) is 9.59 Å². The molecule has 2 heterocycles. The van der Waals surface area contributed by atoms with Crippen molar-refractivity contribution in [3.05, 3.63) is 0 Å². The summed E-state index contributed by atoms with van der Waals surface area (Å²) in [6.07, 6.45) is 7.99. The molecule has 4 heteroatoms. The Hall–Kier alpha value is -0.900. The number of likely N-dealkylation sites (tertiary alicyclic amines) is 1. The van der Waals surface area contributed by atoms with Gasteiger partial charge in [-0.05, 0) is 32.2 Å². The summed E-state index contributed by atoms with van der Waals surface area (Å²) in [6, 6.07) is 0.330. The molecule has 100 valence electrons. The van der Waals surface area contributed by atoms with Gasteiger partial charge in [-0.15, -0.1) is 0 Å². The first-order valence-electron chi connectivity index (χ1n) is 7.29. The van der Waals surface area contributed by atoms with E-state index >= 15 is 0 Å². The third kappa shape index (κ3) is 1.96. The smallest absolute Gasteiger partial charge is 0.235 e. The maximum Gasteiger partial charge on any atom is 0.235 e. The maximum atomic E-state index is 12.6. The Morgan fingerprint density at radius 2 is 1.94 bits per heavy atom. The Bertz CT molecular complexity index is 355. The van der Waals surface area contributed by atoms with Crippen LogP contribution in [0.5, 0.6) is 0 Å². The van der Waals surface area contributed by atoms with Crippen LogP contribution in [-0.4, -0.2) is 35.8 Å². The SMILES string of the molecule is O=C1CC2(CCCCC2)C(=O)N1CC1CCCN1. The van der Waals surface area contributed by atoms with Crippen molar-refractivity contribution in [3.8, 4) is 0 Å². The van der Waals surface area contributed by atoms with Gasteiger partial charge in [0.1, 0.15) is 0 Å². The zero-order valence-corrected chi connectivity index (χ0v) is 10.9. The normalized spacial score (nSPS) is 31.6. The molecule has 1 unspecified atom stereocenters. The zero-order chi connectivity index (χ0) is 12.6. The van der Waals surface area contributed by atoms with Gasteiger partial charge in [-0.2, -0.15) is 0 Å². The van der Waals surface area contributed by atoms with E-state index in [2.05, 4.69) is 5.32 Å². The summed E-state index contributed by atoms with van der Waals surface area (Å²) in [5.41, 5.74) is -0.312. The molecule has 1 aliphatic carbocycles. The third-order valence-corrected chi connectivity index (χ3v) is 4.87. The predicted molar refractivity (Wildman–Crippen MR) is 67.9 cm³/mol. The van der Waals surface area contributed by atoms with Crippen LogP contribution in [0.25, 0.3) is 0 Å². The van der Waals surface area contributed by atoms with Crippen molar-refractivity contribution in [1.29, 1.82) is 0 Å². The molecule has 0 aromatic rings. The van der Waals surface area contributed by atoms with E-state index in [1.165, 1.54) is 6.42 Å². The summed E-state index contributed by atoms with van der Waals surface area (Å²) in [4.78, 5) is 26.2. The van der Waals surface area contributed by atoms with Gasteiger partial charge in [0.2, 0.25) is 11.8 Å². The van der Waals surface area contributed by atoms with Crippen LogP contribution in [0, 0.1) is 5.41 Å². The second kappa shape index (κ2) is 4.65. The molecule has 0 aromatic heterocycles. The maximum absolute atomic E-state index is 12.6. The molecule has 3 rings (SSSR count). The van der Waals surface area contributed by atoms with Crippen molar-refractivity contribution in [2.45, 2.75) is 57.4 Å². The largest absolute Gasteiger partial charge is 0.312 e. The summed E-state index contributed by atoms with van der Waals surface area (Å²) in [6.45, 7) is 1.62. The van der Waals surface area contributed by atoms with E-state index < -0.39 is 0 Å². The average molecular weight is 250 g/mol. The second-order valence-electron chi connectivity index (χ2n) is 6.12. The second-order valence-corrected chi connectivity index (χ2v) is 6.12. The molecule has 1 spiro atoms. The van der Waals surface area contributed by atoms with Crippen LogP contribution in [0.2, 0.25) is 0 Å². The molecule has 0 radical (unpaired) electrons. The number of imide groups is 1. The first-order valence-corrected chi connectivity index (χ1v) is 7.29. The van der Waals surface area contributed by atoms with Crippen LogP contribution in [0.3, 0.4) is 0 Å². The van der Waals surface area contributed by atoms with Gasteiger partial charge in [0, 0.05) is 19.0 Å². The topological polar surface area (TPSA) is 49.4 Å². The number of hydrogen-bond donors (Lipinski definition) is 1. The Labute approximate surface area is 108 Å². The Kier molecular flexibility index (Phi) is 3.14. The summed E-state index contributed by atoms with van der Waals surface area (Å²) in [5.74, 6) is 0.191. The molecule has 2 aliphatic heterocycles. The number of carbonyl (C=O) groups excluding carboxylic acids is 2. The minimum Gasteiger partial charge on any atom is -0.312 e. The molecule has 18 heavy (non-hydrogen) atoms. The molecule has 1 N–H and O–H groups in total. The van der Waals surface area contributed by atoms with Gasteiger partial charge < -0.3 is 5.32 Å². The van der Waals surface area contributed by atoms with Gasteiger partial charge in [0.25, 0.3) is 0 Å². The average Bonchev–Trinajstić information content (AvgIpc) is 2.95. The van der Waals surface area contributed by atoms with Gasteiger partial charge in [0.05, 0.1) is 5.41 Å². The molecule has 3 fully saturated rings. The van der Waals surface area contributed by atoms with Crippen molar-refractivity contribution in [1.82, 2.24) is 10.2 Å². The van der Waals surface area contributed by atoms with Crippen LogP contribution in [0.1, 0.15) is 51.4 Å². The number of rotatable bonds is 2. The number of nitrogens with zero attached hydrogens (tertiary/aromatic N) is 1. The third-order valence-electron chi connectivity index (χ3n) is 4.87. The van der Waals surface area contributed by atoms with Crippen molar-refractivity contribution in [2.75, 3.05) is 13.1 Å². The fraction of sp³-hybridized carbons (Fsp3) is 0.857. The minimum absolute atomic E-state index is 0.0654. The molecule has 1 atom stereocenters. The van der Waals surface area contributed by atoms with E-state index in [-0.39, 0.29) is 17.2 Å². The first-order chi connectivity index (χ1) is 8.71. The van der Waals surface area contributed by atoms with Crippen LogP contribution in [-0.2, 0) is 9.59 Å². The van der Waals surface area contributed by atoms with Crippen LogP contribution in [0.15, 0.2) is 0 Å². The van der Waals surface area contributed by atoms with Crippen LogP contribution >= 0.6 is 0 Å². The number of amides is 2. The Balaban J connectivity index is 1.71. The Morgan fingerprint density at radius 3 is 2.61 bits per heavy atom. The monoisotopic (exact) mass is 250 g/mol. The highest BCUT2D eigenvalue weighted by atomic mass is 16.2. The lowest BCUT2D eigenvalue weighted by atomic mass is 9.73. The van der Waals surface area contributed by atoms with Crippen molar-refractivity contribution in [2.24, 2.45) is 5.41 Å². The molecule has 2 amide bonds. The summed E-state index contributed by atoms with van der Waals surface area (Å²) in [7, 11) is 0. The van der Waals surface area contributed by atoms with E-state index in [4.69, 9.17) is 0 Å². The highest BCUT2D eigenvalue weighted by molar-refractivity contribution is 6.06. The number of nitrogens with one attached hydrogen (secondary N) is 1. The molecule has 3 aliphatic rings. The molecule has 0 aromatic carbocycles. The minimum atomic E-state index is -0.312. The standard InChI is InChI=1S/C14H22N2O2/c17-12-9-14(6-2-1-3-7-14)13(18)16(12)10-11-5-4-8-15-11/h11,15H,1-10H2. The molecule has 0 bridgehead atoms. The van der Waals surface area contributed by atoms with Crippen LogP contribution in [0.4, 0.5) is 0 Å². The zero-order valence-electron chi connectivity index (χ0n) is 10.9. The quantitative estimate of drug-likeness (QED) is 0.755. The number of hydrogen-bond acceptors (Lipinski definition) is 3. The fourth-order valence-electron chi connectivity index (χ4n) is 3.80. The van der Waals surface area contributed by atoms with Gasteiger partial charge in [-0.3, -0.25) is 14.5 Å². The highest BCUT2D eigenvalue weighted by Gasteiger charge is 2.51. The van der Waals surface area contributed by atoms with Gasteiger partial charge >= 0.3 is 0 Å². The number of carbonyl (C=O) groups is 2. The molecular weight excluding hydrogens is 228 g/mol. The summed E-state index contributed by atoms with van der Waals surface area (Å²) < 4.78 is 0. The van der Waals surface area contributed by atoms with Crippen molar-refractivity contribution < 1.29 is 9.59 Å². The van der Waals surface area contributed by atoms with Crippen LogP contribution < -0.4 is 5.32 Å². The molecule has 1 saturated carbocycles. The fourth-order valence-corrected chi connectivity index (χ4v) is 3.80. The van der Waals surface area contributed by atoms with Gasteiger partial charge in [-0.1, -0.05) is 19.3 Å². The Morgan fingerprint density at radius 1 is 1.17 bits per heavy atom. The molecule has 2 saturated heterocycles. The summed E-state index contributed by atoms with van der Waals surface area (Å²) in [5, 5.41) is 3.37. The van der Waals surface area contributed by atoms with Crippen molar-refractivity contribution >= 4 is 11.8 Å². The first kappa shape index (κ1) is 12.2. The lowest BCUT2D eigenvalue weighted by Gasteiger charge is -2.31. The summed E-state index contributed by atoms with van der Waals surface area (Å²) >= 11 is 0. The van der Waals surface area contributed by atoms with E-state index in [0.29, 0.717) is 19.0 Å². The van der Waals surface area contributed by atoms with E-state index in [1.54, 1.807) is 4.90 Å². The molecular formula is C14H22N2O2. The lowest BCUT2D eigenvalue weighted by Crippen LogP contribution is -2.43. The van der Waals surface area contributed by atoms with Crippen molar-refractivity contribution in [3.63, 3.8) is 0 Å². The molecule has 4 nitrogen and oxygen atoms in total. The predicted octanol–water partition coefficient (Wildman–Crippen LogP) is 1.45. The van der Waals surface area contributed by atoms with E-state index in [0.717, 1.165) is 45.1 Å². The van der Waals surface area contributed by atoms with Gasteiger partial charge in [-0.25, -0.2) is 0 Å². The lowest BCUT2D eigenvalue weighted by molar-refractivity contribution is -0.142.